The molecule has 0 aliphatic rings. The lowest BCUT2D eigenvalue weighted by atomic mass is 10.4. The standard InChI is InChI=1S/C7H11N3O2.ClH/c8-3-1-4-10-5-2-6(11)9-7(10)12;/h2,5H,1,3-4,8H2,(H,9,11,12);1H. The molecule has 0 aliphatic carbocycles. The summed E-state index contributed by atoms with van der Waals surface area (Å²) in [7, 11) is 0. The van der Waals surface area contributed by atoms with E-state index in [9.17, 15) is 9.59 Å². The summed E-state index contributed by atoms with van der Waals surface area (Å²) >= 11 is 0. The summed E-state index contributed by atoms with van der Waals surface area (Å²) < 4.78 is 1.42. The Morgan fingerprint density at radius 2 is 2.15 bits per heavy atom. The van der Waals surface area contributed by atoms with Crippen molar-refractivity contribution in [2.45, 2.75) is 13.0 Å². The Balaban J connectivity index is 0.00000144. The maximum absolute atomic E-state index is 11.0. The second-order valence-electron chi connectivity index (χ2n) is 2.45. The minimum Gasteiger partial charge on any atom is -0.330 e. The van der Waals surface area contributed by atoms with Crippen LogP contribution in [0.4, 0.5) is 0 Å². The lowest BCUT2D eigenvalue weighted by molar-refractivity contribution is 0.611. The Labute approximate surface area is 81.0 Å². The Morgan fingerprint density at radius 3 is 2.69 bits per heavy atom. The molecule has 0 saturated heterocycles. The molecule has 1 heterocycles. The van der Waals surface area contributed by atoms with Gasteiger partial charge in [-0.25, -0.2) is 4.79 Å². The second kappa shape index (κ2) is 5.55. The number of hydrogen-bond acceptors (Lipinski definition) is 3. The van der Waals surface area contributed by atoms with E-state index in [1.54, 1.807) is 0 Å². The number of aromatic amines is 1. The average Bonchev–Trinajstić information content (AvgIpc) is 2.03. The SMILES string of the molecule is Cl.NCCCn1ccc(=O)[nH]c1=O. The summed E-state index contributed by atoms with van der Waals surface area (Å²) in [5.41, 5.74) is 4.52. The van der Waals surface area contributed by atoms with Crippen LogP contribution in [0.2, 0.25) is 0 Å². The lowest BCUT2D eigenvalue weighted by Crippen LogP contribution is -2.29. The smallest absolute Gasteiger partial charge is 0.328 e. The van der Waals surface area contributed by atoms with E-state index in [2.05, 4.69) is 4.98 Å². The fourth-order valence-corrected chi connectivity index (χ4v) is 0.882. The van der Waals surface area contributed by atoms with Crippen molar-refractivity contribution < 1.29 is 0 Å². The highest BCUT2D eigenvalue weighted by Crippen LogP contribution is 1.80. The molecule has 1 rings (SSSR count). The van der Waals surface area contributed by atoms with Crippen LogP contribution in [-0.4, -0.2) is 16.1 Å². The molecule has 0 unspecified atom stereocenters. The number of nitrogens with zero attached hydrogens (tertiary/aromatic N) is 1. The van der Waals surface area contributed by atoms with E-state index in [0.717, 1.165) is 6.42 Å². The maximum atomic E-state index is 11.0. The van der Waals surface area contributed by atoms with Gasteiger partial charge in [-0.15, -0.1) is 12.4 Å². The molecular formula is C7H12ClN3O2. The van der Waals surface area contributed by atoms with Gasteiger partial charge in [-0.2, -0.15) is 0 Å². The Kier molecular flexibility index (Phi) is 5.10. The minimum absolute atomic E-state index is 0. The van der Waals surface area contributed by atoms with Crippen molar-refractivity contribution in [2.24, 2.45) is 5.73 Å². The summed E-state index contributed by atoms with van der Waals surface area (Å²) in [4.78, 5) is 23.8. The third-order valence-electron chi connectivity index (χ3n) is 1.50. The number of nitrogens with two attached hydrogens (primary N) is 1. The van der Waals surface area contributed by atoms with Crippen molar-refractivity contribution >= 4 is 12.4 Å². The van der Waals surface area contributed by atoms with Crippen LogP contribution in [0.1, 0.15) is 6.42 Å². The molecule has 13 heavy (non-hydrogen) atoms. The van der Waals surface area contributed by atoms with Crippen molar-refractivity contribution in [3.8, 4) is 0 Å². The van der Waals surface area contributed by atoms with E-state index in [0.29, 0.717) is 13.1 Å². The molecule has 1 aromatic rings. The second-order valence-corrected chi connectivity index (χ2v) is 2.45. The monoisotopic (exact) mass is 205 g/mol. The molecule has 0 saturated carbocycles. The van der Waals surface area contributed by atoms with Crippen LogP contribution in [0.3, 0.4) is 0 Å². The number of halogens is 1. The summed E-state index contributed by atoms with van der Waals surface area (Å²) in [6.07, 6.45) is 2.20. The normalized spacial score (nSPS) is 9.31. The summed E-state index contributed by atoms with van der Waals surface area (Å²) in [6, 6.07) is 1.32. The van der Waals surface area contributed by atoms with Crippen molar-refractivity contribution in [1.29, 1.82) is 0 Å². The van der Waals surface area contributed by atoms with Gasteiger partial charge in [-0.05, 0) is 13.0 Å². The number of hydrogen-bond donors (Lipinski definition) is 2. The Morgan fingerprint density at radius 1 is 1.46 bits per heavy atom. The van der Waals surface area contributed by atoms with Crippen molar-refractivity contribution in [3.63, 3.8) is 0 Å². The van der Waals surface area contributed by atoms with E-state index in [1.807, 2.05) is 0 Å². The predicted octanol–water partition coefficient (Wildman–Crippen LogP) is -0.693. The van der Waals surface area contributed by atoms with E-state index in [1.165, 1.54) is 16.8 Å². The van der Waals surface area contributed by atoms with Crippen molar-refractivity contribution in [3.05, 3.63) is 33.1 Å². The van der Waals surface area contributed by atoms with Gasteiger partial charge in [0, 0.05) is 18.8 Å². The van der Waals surface area contributed by atoms with Gasteiger partial charge in [-0.1, -0.05) is 0 Å². The first-order valence-corrected chi connectivity index (χ1v) is 3.74. The number of aromatic nitrogens is 2. The molecule has 6 heteroatoms. The van der Waals surface area contributed by atoms with Gasteiger partial charge in [0.1, 0.15) is 0 Å². The molecule has 0 spiro atoms. The Hall–Kier alpha value is -1.07. The van der Waals surface area contributed by atoms with Gasteiger partial charge in [0.2, 0.25) is 0 Å². The lowest BCUT2D eigenvalue weighted by Gasteiger charge is -2.00. The fraction of sp³-hybridized carbons (Fsp3) is 0.429. The number of H-pyrrole nitrogens is 1. The summed E-state index contributed by atoms with van der Waals surface area (Å²) in [5.74, 6) is 0. The average molecular weight is 206 g/mol. The van der Waals surface area contributed by atoms with Crippen LogP contribution in [-0.2, 0) is 6.54 Å². The van der Waals surface area contributed by atoms with E-state index >= 15 is 0 Å². The summed E-state index contributed by atoms with van der Waals surface area (Å²) in [5, 5.41) is 0. The minimum atomic E-state index is -0.379. The van der Waals surface area contributed by atoms with Gasteiger partial charge < -0.3 is 10.3 Å². The van der Waals surface area contributed by atoms with Gasteiger partial charge in [-0.3, -0.25) is 9.78 Å². The van der Waals surface area contributed by atoms with Crippen LogP contribution >= 0.6 is 12.4 Å². The molecule has 5 nitrogen and oxygen atoms in total. The van der Waals surface area contributed by atoms with Crippen LogP contribution in [0.5, 0.6) is 0 Å². The van der Waals surface area contributed by atoms with Gasteiger partial charge >= 0.3 is 5.69 Å². The molecule has 3 N–H and O–H groups in total. The topological polar surface area (TPSA) is 80.9 Å². The van der Waals surface area contributed by atoms with Crippen LogP contribution in [0.15, 0.2) is 21.9 Å². The molecule has 0 amide bonds. The maximum Gasteiger partial charge on any atom is 0.328 e. The fourth-order valence-electron chi connectivity index (χ4n) is 0.882. The van der Waals surface area contributed by atoms with Crippen LogP contribution in [0.25, 0.3) is 0 Å². The van der Waals surface area contributed by atoms with Gasteiger partial charge in [0.25, 0.3) is 5.56 Å². The third kappa shape index (κ3) is 3.43. The molecule has 0 aliphatic heterocycles. The van der Waals surface area contributed by atoms with Crippen molar-refractivity contribution in [2.75, 3.05) is 6.54 Å². The molecule has 1 aromatic heterocycles. The molecule has 0 bridgehead atoms. The molecule has 0 aromatic carbocycles. The molecule has 74 valence electrons. The molecular weight excluding hydrogens is 194 g/mol. The van der Waals surface area contributed by atoms with E-state index in [4.69, 9.17) is 5.73 Å². The summed E-state index contributed by atoms with van der Waals surface area (Å²) in [6.45, 7) is 1.08. The zero-order chi connectivity index (χ0) is 8.97. The quantitative estimate of drug-likeness (QED) is 0.685. The van der Waals surface area contributed by atoms with Crippen molar-refractivity contribution in [1.82, 2.24) is 9.55 Å². The third-order valence-corrected chi connectivity index (χ3v) is 1.50. The first-order chi connectivity index (χ1) is 5.74. The highest BCUT2D eigenvalue weighted by molar-refractivity contribution is 5.85. The molecule has 0 radical (unpaired) electrons. The zero-order valence-electron chi connectivity index (χ0n) is 7.03. The largest absolute Gasteiger partial charge is 0.330 e. The van der Waals surface area contributed by atoms with Crippen LogP contribution < -0.4 is 17.0 Å². The molecule has 0 atom stereocenters. The Bertz CT molecular complexity index is 357. The number of aryl methyl sites for hydroxylation is 1. The zero-order valence-corrected chi connectivity index (χ0v) is 7.84. The van der Waals surface area contributed by atoms with Crippen LogP contribution in [0, 0.1) is 0 Å². The predicted molar refractivity (Wildman–Crippen MR) is 52.2 cm³/mol. The number of nitrogens with one attached hydrogen (secondary N) is 1. The number of rotatable bonds is 3. The van der Waals surface area contributed by atoms with Gasteiger partial charge in [0.15, 0.2) is 0 Å². The highest BCUT2D eigenvalue weighted by Gasteiger charge is 1.93. The van der Waals surface area contributed by atoms with E-state index < -0.39 is 0 Å². The molecule has 0 fully saturated rings. The van der Waals surface area contributed by atoms with Gasteiger partial charge in [0.05, 0.1) is 0 Å². The van der Waals surface area contributed by atoms with E-state index in [-0.39, 0.29) is 23.7 Å². The first-order valence-electron chi connectivity index (χ1n) is 3.74. The highest BCUT2D eigenvalue weighted by atomic mass is 35.5. The first kappa shape index (κ1) is 11.9.